The Morgan fingerprint density at radius 3 is 2.79 bits per heavy atom. The second-order valence-electron chi connectivity index (χ2n) is 4.34. The summed E-state index contributed by atoms with van der Waals surface area (Å²) in [5, 5.41) is 6.52. The van der Waals surface area contributed by atoms with E-state index in [0.29, 0.717) is 0 Å². The van der Waals surface area contributed by atoms with Crippen LogP contribution < -0.4 is 15.5 Å². The molecule has 0 aliphatic carbocycles. The van der Waals surface area contributed by atoms with Gasteiger partial charge in [-0.05, 0) is 18.2 Å². The van der Waals surface area contributed by atoms with E-state index in [-0.39, 0.29) is 0 Å². The van der Waals surface area contributed by atoms with Crippen LogP contribution in [0.1, 0.15) is 0 Å². The summed E-state index contributed by atoms with van der Waals surface area (Å²) >= 11 is 0. The predicted octanol–water partition coefficient (Wildman–Crippen LogP) is 1.02. The number of anilines is 3. The van der Waals surface area contributed by atoms with Gasteiger partial charge in [0.25, 0.3) is 0 Å². The molecule has 0 radical (unpaired) electrons. The van der Waals surface area contributed by atoms with Crippen molar-refractivity contribution < 1.29 is 0 Å². The molecule has 0 amide bonds. The van der Waals surface area contributed by atoms with Crippen molar-refractivity contribution >= 4 is 17.5 Å². The maximum atomic E-state index is 4.62. The second kappa shape index (κ2) is 5.62. The molecule has 6 nitrogen and oxygen atoms in total. The lowest BCUT2D eigenvalue weighted by atomic mass is 10.3. The molecule has 98 valence electrons. The van der Waals surface area contributed by atoms with Crippen molar-refractivity contribution in [3.8, 4) is 0 Å². The van der Waals surface area contributed by atoms with Crippen LogP contribution in [0, 0.1) is 0 Å². The standard InChI is InChI=1S/C13H16N6/c1-2-12(17-11-4-5-15-10-16-11)18-13(3-1)19-8-6-14-7-9-19/h1-5,10,14H,6-9H2,(H,15,16,17,18). The minimum absolute atomic E-state index is 0.750. The average Bonchev–Trinajstić information content (AvgIpc) is 2.49. The van der Waals surface area contributed by atoms with Crippen LogP contribution in [0.2, 0.25) is 0 Å². The topological polar surface area (TPSA) is 66.0 Å². The van der Waals surface area contributed by atoms with Crippen molar-refractivity contribution in [3.63, 3.8) is 0 Å². The molecule has 1 fully saturated rings. The first kappa shape index (κ1) is 11.9. The van der Waals surface area contributed by atoms with E-state index < -0.39 is 0 Å². The summed E-state index contributed by atoms with van der Waals surface area (Å²) in [6.07, 6.45) is 3.22. The van der Waals surface area contributed by atoms with Gasteiger partial charge in [-0.15, -0.1) is 0 Å². The van der Waals surface area contributed by atoms with Gasteiger partial charge < -0.3 is 15.5 Å². The lowest BCUT2D eigenvalue weighted by Gasteiger charge is -2.28. The second-order valence-corrected chi connectivity index (χ2v) is 4.34. The summed E-state index contributed by atoms with van der Waals surface area (Å²) in [5.74, 6) is 2.55. The van der Waals surface area contributed by atoms with Gasteiger partial charge in [0.2, 0.25) is 0 Å². The molecule has 3 rings (SSSR count). The van der Waals surface area contributed by atoms with Crippen LogP contribution in [0.4, 0.5) is 17.5 Å². The van der Waals surface area contributed by atoms with Gasteiger partial charge in [-0.2, -0.15) is 0 Å². The van der Waals surface area contributed by atoms with Crippen LogP contribution in [0.5, 0.6) is 0 Å². The first-order chi connectivity index (χ1) is 9.42. The fraction of sp³-hybridized carbons (Fsp3) is 0.308. The van der Waals surface area contributed by atoms with Gasteiger partial charge >= 0.3 is 0 Å². The van der Waals surface area contributed by atoms with Crippen LogP contribution in [-0.4, -0.2) is 41.1 Å². The molecule has 19 heavy (non-hydrogen) atoms. The Labute approximate surface area is 111 Å². The third kappa shape index (κ3) is 2.97. The average molecular weight is 256 g/mol. The monoisotopic (exact) mass is 256 g/mol. The Bertz CT molecular complexity index is 524. The molecule has 2 aromatic rings. The molecule has 1 aliphatic rings. The van der Waals surface area contributed by atoms with Crippen molar-refractivity contribution in [3.05, 3.63) is 36.8 Å². The Morgan fingerprint density at radius 2 is 2.00 bits per heavy atom. The van der Waals surface area contributed by atoms with Gasteiger partial charge in [-0.25, -0.2) is 15.0 Å². The van der Waals surface area contributed by atoms with Crippen LogP contribution in [0.3, 0.4) is 0 Å². The molecule has 0 spiro atoms. The van der Waals surface area contributed by atoms with Crippen molar-refractivity contribution in [1.29, 1.82) is 0 Å². The number of hydrogen-bond donors (Lipinski definition) is 2. The molecule has 0 aromatic carbocycles. The van der Waals surface area contributed by atoms with Gasteiger partial charge in [0.15, 0.2) is 0 Å². The molecule has 0 saturated carbocycles. The van der Waals surface area contributed by atoms with Crippen LogP contribution in [0.25, 0.3) is 0 Å². The van der Waals surface area contributed by atoms with E-state index in [9.17, 15) is 0 Å². The summed E-state index contributed by atoms with van der Waals surface area (Å²) in [7, 11) is 0. The van der Waals surface area contributed by atoms with E-state index in [0.717, 1.165) is 43.6 Å². The zero-order valence-corrected chi connectivity index (χ0v) is 10.6. The van der Waals surface area contributed by atoms with Crippen LogP contribution in [0.15, 0.2) is 36.8 Å². The highest BCUT2D eigenvalue weighted by molar-refractivity contribution is 5.54. The van der Waals surface area contributed by atoms with Crippen molar-refractivity contribution in [2.75, 3.05) is 36.4 Å². The van der Waals surface area contributed by atoms with Crippen molar-refractivity contribution in [1.82, 2.24) is 20.3 Å². The Morgan fingerprint density at radius 1 is 1.11 bits per heavy atom. The third-order valence-corrected chi connectivity index (χ3v) is 3.01. The number of nitrogens with one attached hydrogen (secondary N) is 2. The summed E-state index contributed by atoms with van der Waals surface area (Å²) < 4.78 is 0. The third-order valence-electron chi connectivity index (χ3n) is 3.01. The molecular formula is C13H16N6. The Kier molecular flexibility index (Phi) is 3.51. The normalized spacial score (nSPS) is 15.3. The molecule has 6 heteroatoms. The number of rotatable bonds is 3. The van der Waals surface area contributed by atoms with E-state index >= 15 is 0 Å². The summed E-state index contributed by atoms with van der Waals surface area (Å²) in [6.45, 7) is 3.99. The quantitative estimate of drug-likeness (QED) is 0.855. The summed E-state index contributed by atoms with van der Waals surface area (Å²) in [5.41, 5.74) is 0. The van der Waals surface area contributed by atoms with Crippen molar-refractivity contribution in [2.24, 2.45) is 0 Å². The molecule has 3 heterocycles. The number of piperazine rings is 1. The lowest BCUT2D eigenvalue weighted by Crippen LogP contribution is -2.43. The van der Waals surface area contributed by atoms with Crippen molar-refractivity contribution in [2.45, 2.75) is 0 Å². The number of aromatic nitrogens is 3. The molecule has 0 atom stereocenters. The van der Waals surface area contributed by atoms with Crippen LogP contribution in [-0.2, 0) is 0 Å². The number of pyridine rings is 1. The zero-order valence-electron chi connectivity index (χ0n) is 10.6. The van der Waals surface area contributed by atoms with Gasteiger partial charge in [-0.3, -0.25) is 0 Å². The van der Waals surface area contributed by atoms with E-state index in [1.807, 2.05) is 24.3 Å². The predicted molar refractivity (Wildman–Crippen MR) is 74.6 cm³/mol. The minimum atomic E-state index is 0.750. The number of hydrogen-bond acceptors (Lipinski definition) is 6. The maximum Gasteiger partial charge on any atom is 0.134 e. The molecule has 2 N–H and O–H groups in total. The molecule has 2 aromatic heterocycles. The fourth-order valence-electron chi connectivity index (χ4n) is 2.06. The first-order valence-electron chi connectivity index (χ1n) is 6.37. The highest BCUT2D eigenvalue weighted by Gasteiger charge is 2.11. The first-order valence-corrected chi connectivity index (χ1v) is 6.37. The molecule has 0 unspecified atom stereocenters. The van der Waals surface area contributed by atoms with E-state index in [4.69, 9.17) is 0 Å². The Hall–Kier alpha value is -2.21. The molecule has 1 saturated heterocycles. The molecule has 1 aliphatic heterocycles. The molecular weight excluding hydrogens is 240 g/mol. The summed E-state index contributed by atoms with van der Waals surface area (Å²) in [6, 6.07) is 7.80. The van der Waals surface area contributed by atoms with E-state index in [1.165, 1.54) is 6.33 Å². The summed E-state index contributed by atoms with van der Waals surface area (Å²) in [4.78, 5) is 14.9. The van der Waals surface area contributed by atoms with Gasteiger partial charge in [0.1, 0.15) is 23.8 Å². The lowest BCUT2D eigenvalue weighted by molar-refractivity contribution is 0.585. The van der Waals surface area contributed by atoms with E-state index in [2.05, 4.69) is 30.5 Å². The minimum Gasteiger partial charge on any atom is -0.354 e. The van der Waals surface area contributed by atoms with Gasteiger partial charge in [0.05, 0.1) is 0 Å². The van der Waals surface area contributed by atoms with E-state index in [1.54, 1.807) is 6.20 Å². The van der Waals surface area contributed by atoms with Gasteiger partial charge in [0, 0.05) is 32.4 Å². The van der Waals surface area contributed by atoms with Gasteiger partial charge in [-0.1, -0.05) is 6.07 Å². The Balaban J connectivity index is 1.76. The SMILES string of the molecule is c1cc(Nc2ccncn2)nc(N2CCNCC2)c1. The highest BCUT2D eigenvalue weighted by atomic mass is 15.2. The highest BCUT2D eigenvalue weighted by Crippen LogP contribution is 2.17. The molecule has 0 bridgehead atoms. The maximum absolute atomic E-state index is 4.62. The smallest absolute Gasteiger partial charge is 0.134 e. The largest absolute Gasteiger partial charge is 0.354 e. The van der Waals surface area contributed by atoms with Crippen LogP contribution >= 0.6 is 0 Å². The number of nitrogens with zero attached hydrogens (tertiary/aromatic N) is 4. The zero-order chi connectivity index (χ0) is 12.9. The fourth-order valence-corrected chi connectivity index (χ4v) is 2.06.